The summed E-state index contributed by atoms with van der Waals surface area (Å²) < 4.78 is 5.53. The zero-order chi connectivity index (χ0) is 13.9. The van der Waals surface area contributed by atoms with Crippen LogP contribution in [0.1, 0.15) is 37.0 Å². The number of benzene rings is 1. The molecule has 2 rings (SSSR count). The van der Waals surface area contributed by atoms with Crippen molar-refractivity contribution in [3.05, 3.63) is 42.1 Å². The lowest BCUT2D eigenvalue weighted by Gasteiger charge is -2.28. The van der Waals surface area contributed by atoms with Crippen LogP contribution in [0.3, 0.4) is 0 Å². The van der Waals surface area contributed by atoms with E-state index in [-0.39, 0.29) is 5.78 Å². The first-order chi connectivity index (χ1) is 9.18. The van der Waals surface area contributed by atoms with Crippen molar-refractivity contribution in [1.29, 1.82) is 0 Å². The molecule has 1 heterocycles. The standard InChI is InChI=1S/C16H19NO2/c1-4-16(5-2,19-3)15(18)13-8-6-10-14-12(13)9-7-11-17-14/h6-11H,4-5H2,1-3H3. The Morgan fingerprint density at radius 1 is 1.21 bits per heavy atom. The molecule has 0 spiro atoms. The second kappa shape index (κ2) is 5.49. The second-order valence-electron chi connectivity index (χ2n) is 4.61. The number of fused-ring (bicyclic) bond motifs is 1. The number of nitrogens with zero attached hydrogens (tertiary/aromatic N) is 1. The van der Waals surface area contributed by atoms with E-state index in [4.69, 9.17) is 4.74 Å². The predicted molar refractivity (Wildman–Crippen MR) is 76.4 cm³/mol. The van der Waals surface area contributed by atoms with Crippen LogP contribution in [-0.2, 0) is 4.74 Å². The summed E-state index contributed by atoms with van der Waals surface area (Å²) in [7, 11) is 1.61. The molecule has 0 bridgehead atoms. The minimum atomic E-state index is -0.732. The van der Waals surface area contributed by atoms with Gasteiger partial charge in [-0.1, -0.05) is 32.0 Å². The van der Waals surface area contributed by atoms with E-state index in [0.717, 1.165) is 10.9 Å². The van der Waals surface area contributed by atoms with Crippen molar-refractivity contribution in [2.45, 2.75) is 32.3 Å². The van der Waals surface area contributed by atoms with Crippen LogP contribution in [0.25, 0.3) is 10.9 Å². The van der Waals surface area contributed by atoms with Crippen LogP contribution in [0, 0.1) is 0 Å². The van der Waals surface area contributed by atoms with E-state index in [2.05, 4.69) is 4.98 Å². The Morgan fingerprint density at radius 2 is 1.95 bits per heavy atom. The lowest BCUT2D eigenvalue weighted by molar-refractivity contribution is -0.00247. The van der Waals surface area contributed by atoms with Gasteiger partial charge in [-0.3, -0.25) is 9.78 Å². The van der Waals surface area contributed by atoms with Crippen LogP contribution >= 0.6 is 0 Å². The van der Waals surface area contributed by atoms with E-state index in [9.17, 15) is 4.79 Å². The molecule has 0 saturated carbocycles. The molecule has 3 heteroatoms. The largest absolute Gasteiger partial charge is 0.370 e. The van der Waals surface area contributed by atoms with Gasteiger partial charge in [-0.25, -0.2) is 0 Å². The van der Waals surface area contributed by atoms with Crippen molar-refractivity contribution >= 4 is 16.7 Å². The molecule has 19 heavy (non-hydrogen) atoms. The number of ketones is 1. The van der Waals surface area contributed by atoms with E-state index in [1.165, 1.54) is 0 Å². The van der Waals surface area contributed by atoms with E-state index in [1.807, 2.05) is 44.2 Å². The van der Waals surface area contributed by atoms with Crippen molar-refractivity contribution in [2.24, 2.45) is 0 Å². The number of hydrogen-bond donors (Lipinski definition) is 0. The van der Waals surface area contributed by atoms with Gasteiger partial charge in [-0.15, -0.1) is 0 Å². The highest BCUT2D eigenvalue weighted by Gasteiger charge is 2.36. The summed E-state index contributed by atoms with van der Waals surface area (Å²) in [5, 5.41) is 0.887. The molecule has 0 aliphatic heterocycles. The Morgan fingerprint density at radius 3 is 2.58 bits per heavy atom. The summed E-state index contributed by atoms with van der Waals surface area (Å²) in [5.41, 5.74) is 0.797. The molecule has 0 radical (unpaired) electrons. The molecule has 0 N–H and O–H groups in total. The highest BCUT2D eigenvalue weighted by Crippen LogP contribution is 2.28. The van der Waals surface area contributed by atoms with Crippen molar-refractivity contribution in [1.82, 2.24) is 4.98 Å². The molecular weight excluding hydrogens is 238 g/mol. The number of Topliss-reactive ketones (excluding diaryl/α,β-unsaturated/α-hetero) is 1. The summed E-state index contributed by atoms with van der Waals surface area (Å²) in [6.07, 6.45) is 3.06. The first-order valence-corrected chi connectivity index (χ1v) is 6.62. The molecule has 0 unspecified atom stereocenters. The summed E-state index contributed by atoms with van der Waals surface area (Å²) >= 11 is 0. The number of aromatic nitrogens is 1. The lowest BCUT2D eigenvalue weighted by atomic mass is 9.86. The van der Waals surface area contributed by atoms with Gasteiger partial charge in [0.2, 0.25) is 0 Å². The van der Waals surface area contributed by atoms with Gasteiger partial charge in [0, 0.05) is 24.3 Å². The molecule has 0 saturated heterocycles. The molecule has 2 aromatic rings. The van der Waals surface area contributed by atoms with Crippen LogP contribution in [0.15, 0.2) is 36.5 Å². The quantitative estimate of drug-likeness (QED) is 0.768. The fraction of sp³-hybridized carbons (Fsp3) is 0.375. The van der Waals surface area contributed by atoms with Gasteiger partial charge < -0.3 is 4.74 Å². The molecule has 0 atom stereocenters. The molecule has 1 aromatic heterocycles. The maximum absolute atomic E-state index is 12.8. The number of methoxy groups -OCH3 is 1. The highest BCUT2D eigenvalue weighted by atomic mass is 16.5. The smallest absolute Gasteiger partial charge is 0.195 e. The SMILES string of the molecule is CCC(CC)(OC)C(=O)c1cccc2ncccc12. The maximum atomic E-state index is 12.8. The first-order valence-electron chi connectivity index (χ1n) is 6.62. The third-order valence-corrected chi connectivity index (χ3v) is 3.84. The maximum Gasteiger partial charge on any atom is 0.195 e. The summed E-state index contributed by atoms with van der Waals surface area (Å²) in [5.74, 6) is 0.0404. The van der Waals surface area contributed by atoms with E-state index < -0.39 is 5.60 Å². The van der Waals surface area contributed by atoms with E-state index in [0.29, 0.717) is 18.4 Å². The van der Waals surface area contributed by atoms with Crippen LogP contribution < -0.4 is 0 Å². The van der Waals surface area contributed by atoms with Crippen LogP contribution in [0.2, 0.25) is 0 Å². The van der Waals surface area contributed by atoms with Gasteiger partial charge in [0.25, 0.3) is 0 Å². The molecular formula is C16H19NO2. The molecule has 0 amide bonds. The highest BCUT2D eigenvalue weighted by molar-refractivity contribution is 6.11. The third kappa shape index (κ3) is 2.26. The van der Waals surface area contributed by atoms with E-state index in [1.54, 1.807) is 13.3 Å². The summed E-state index contributed by atoms with van der Waals surface area (Å²) in [6, 6.07) is 9.42. The number of rotatable bonds is 5. The molecule has 0 fully saturated rings. The van der Waals surface area contributed by atoms with Gasteiger partial charge in [0.1, 0.15) is 5.60 Å². The topological polar surface area (TPSA) is 39.2 Å². The zero-order valence-electron chi connectivity index (χ0n) is 11.6. The number of pyridine rings is 1. The van der Waals surface area contributed by atoms with Crippen LogP contribution in [0.5, 0.6) is 0 Å². The fourth-order valence-electron chi connectivity index (χ4n) is 2.50. The average molecular weight is 257 g/mol. The lowest BCUT2D eigenvalue weighted by Crippen LogP contribution is -2.39. The Balaban J connectivity index is 2.58. The Bertz CT molecular complexity index is 575. The molecule has 1 aromatic carbocycles. The normalized spacial score (nSPS) is 11.7. The first kappa shape index (κ1) is 13.7. The van der Waals surface area contributed by atoms with E-state index >= 15 is 0 Å². The average Bonchev–Trinajstić information content (AvgIpc) is 2.49. The minimum absolute atomic E-state index is 0.0404. The molecule has 100 valence electrons. The monoisotopic (exact) mass is 257 g/mol. The van der Waals surface area contributed by atoms with Gasteiger partial charge in [0.05, 0.1) is 5.52 Å². The van der Waals surface area contributed by atoms with Crippen molar-refractivity contribution in [2.75, 3.05) is 7.11 Å². The van der Waals surface area contributed by atoms with Crippen molar-refractivity contribution in [3.8, 4) is 0 Å². The minimum Gasteiger partial charge on any atom is -0.370 e. The number of carbonyl (C=O) groups excluding carboxylic acids is 1. The number of carbonyl (C=O) groups is 1. The summed E-state index contributed by atoms with van der Waals surface area (Å²) in [4.78, 5) is 17.1. The molecule has 0 aliphatic rings. The van der Waals surface area contributed by atoms with Gasteiger partial charge in [-0.2, -0.15) is 0 Å². The Kier molecular flexibility index (Phi) is 3.96. The third-order valence-electron chi connectivity index (χ3n) is 3.84. The fourth-order valence-corrected chi connectivity index (χ4v) is 2.50. The zero-order valence-corrected chi connectivity index (χ0v) is 11.6. The van der Waals surface area contributed by atoms with Crippen molar-refractivity contribution in [3.63, 3.8) is 0 Å². The summed E-state index contributed by atoms with van der Waals surface area (Å²) in [6.45, 7) is 3.96. The van der Waals surface area contributed by atoms with Crippen molar-refractivity contribution < 1.29 is 9.53 Å². The Hall–Kier alpha value is -1.74. The molecule has 3 nitrogen and oxygen atoms in total. The number of hydrogen-bond acceptors (Lipinski definition) is 3. The van der Waals surface area contributed by atoms with Gasteiger partial charge >= 0.3 is 0 Å². The number of ether oxygens (including phenoxy) is 1. The second-order valence-corrected chi connectivity index (χ2v) is 4.61. The van der Waals surface area contributed by atoms with Crippen LogP contribution in [0.4, 0.5) is 0 Å². The van der Waals surface area contributed by atoms with Gasteiger partial charge in [-0.05, 0) is 25.0 Å². The predicted octanol–water partition coefficient (Wildman–Crippen LogP) is 3.62. The Labute approximate surface area is 113 Å². The van der Waals surface area contributed by atoms with Crippen LogP contribution in [-0.4, -0.2) is 23.5 Å². The molecule has 0 aliphatic carbocycles. The van der Waals surface area contributed by atoms with Gasteiger partial charge in [0.15, 0.2) is 5.78 Å².